The van der Waals surface area contributed by atoms with E-state index in [1.54, 1.807) is 23.3 Å². The van der Waals surface area contributed by atoms with Crippen LogP contribution in [0.1, 0.15) is 19.7 Å². The van der Waals surface area contributed by atoms with E-state index in [1.807, 2.05) is 0 Å². The minimum Gasteiger partial charge on any atom is -0.340 e. The lowest BCUT2D eigenvalue weighted by Crippen LogP contribution is -2.52. The molecule has 0 atom stereocenters. The van der Waals surface area contributed by atoms with Crippen molar-refractivity contribution in [1.82, 2.24) is 14.5 Å². The molecule has 34 heavy (non-hydrogen) atoms. The second kappa shape index (κ2) is 8.76. The first-order chi connectivity index (χ1) is 16.1. The molecule has 1 aromatic heterocycles. The van der Waals surface area contributed by atoms with Gasteiger partial charge in [-0.15, -0.1) is 0 Å². The van der Waals surface area contributed by atoms with Crippen LogP contribution in [0.2, 0.25) is 0 Å². The van der Waals surface area contributed by atoms with Gasteiger partial charge in [0.15, 0.2) is 17.5 Å². The summed E-state index contributed by atoms with van der Waals surface area (Å²) in [5, 5.41) is 9.61. The summed E-state index contributed by atoms with van der Waals surface area (Å²) < 4.78 is 56.5. The van der Waals surface area contributed by atoms with E-state index < -0.39 is 28.8 Å². The van der Waals surface area contributed by atoms with Gasteiger partial charge in [-0.1, -0.05) is 5.22 Å². The van der Waals surface area contributed by atoms with E-state index in [1.165, 1.54) is 24.3 Å². The van der Waals surface area contributed by atoms with E-state index in [0.717, 1.165) is 12.1 Å². The molecule has 1 amide bonds. The normalized spacial score (nSPS) is 14.9. The highest BCUT2D eigenvalue weighted by Gasteiger charge is 2.41. The Morgan fingerprint density at radius 3 is 2.38 bits per heavy atom. The summed E-state index contributed by atoms with van der Waals surface area (Å²) in [6.07, 6.45) is 0. The van der Waals surface area contributed by atoms with Crippen molar-refractivity contribution in [2.75, 3.05) is 18.4 Å². The summed E-state index contributed by atoms with van der Waals surface area (Å²) in [6, 6.07) is 7.19. The van der Waals surface area contributed by atoms with Gasteiger partial charge in [-0.25, -0.2) is 22.5 Å². The van der Waals surface area contributed by atoms with Gasteiger partial charge in [0.05, 0.1) is 5.54 Å². The van der Waals surface area contributed by atoms with E-state index in [2.05, 4.69) is 15.7 Å². The number of fused-ring (bicyclic) bond motifs is 1. The number of halogens is 4. The predicted molar refractivity (Wildman–Crippen MR) is 116 cm³/mol. The number of aromatic nitrogens is 2. The third kappa shape index (κ3) is 4.06. The molecule has 0 fully saturated rings. The summed E-state index contributed by atoms with van der Waals surface area (Å²) in [5.74, 6) is 0.800. The van der Waals surface area contributed by atoms with Crippen molar-refractivity contribution in [3.8, 4) is 11.3 Å². The average Bonchev–Trinajstić information content (AvgIpc) is 3.16. The molecule has 3 N–H and O–H groups in total. The molecule has 3 aromatic rings. The summed E-state index contributed by atoms with van der Waals surface area (Å²) in [7, 11) is 0. The van der Waals surface area contributed by atoms with Gasteiger partial charge in [0.1, 0.15) is 29.7 Å². The Morgan fingerprint density at radius 1 is 1.12 bits per heavy atom. The third-order valence-electron chi connectivity index (χ3n) is 5.69. The maximum Gasteiger partial charge on any atom is 0.247 e. The minimum absolute atomic E-state index is 0.0397. The molecule has 1 aliphatic rings. The zero-order chi connectivity index (χ0) is 24.6. The highest BCUT2D eigenvalue weighted by atomic mass is 19.2. The van der Waals surface area contributed by atoms with Gasteiger partial charge < -0.3 is 20.6 Å². The number of nitrogens with zero attached hydrogens (tertiary/aromatic N) is 5. The number of amides is 1. The van der Waals surface area contributed by atoms with Gasteiger partial charge in [0, 0.05) is 36.5 Å². The standard InChI is InChI=1S/C22H21F4N7O/c1-22(2)21-30-19(12-3-5-13(23)6-4-12)20(29-14-9-15(24)18(26)16(25)10-14)32(21)7-8-33(22)17(34)11-28-31-27/h3-6,9-10,29H,7-8,11H2,1-2H3,(H2,27,28). The summed E-state index contributed by atoms with van der Waals surface area (Å²) in [5.41, 5.74) is -0.0567. The molecule has 178 valence electrons. The summed E-state index contributed by atoms with van der Waals surface area (Å²) >= 11 is 0. The van der Waals surface area contributed by atoms with E-state index in [0.29, 0.717) is 22.9 Å². The molecule has 4 rings (SSSR count). The Morgan fingerprint density at radius 2 is 1.76 bits per heavy atom. The number of benzene rings is 2. The minimum atomic E-state index is -1.58. The number of nitrogens with one attached hydrogen (secondary N) is 1. The Labute approximate surface area is 192 Å². The Hall–Kier alpha value is -3.96. The molecule has 1 aliphatic heterocycles. The largest absolute Gasteiger partial charge is 0.340 e. The zero-order valence-electron chi connectivity index (χ0n) is 18.3. The number of hydrogen-bond acceptors (Lipinski definition) is 5. The van der Waals surface area contributed by atoms with Crippen molar-refractivity contribution in [2.45, 2.75) is 25.9 Å². The lowest BCUT2D eigenvalue weighted by Gasteiger charge is -2.42. The third-order valence-corrected chi connectivity index (χ3v) is 5.69. The second-order valence-electron chi connectivity index (χ2n) is 8.19. The first-order valence-electron chi connectivity index (χ1n) is 10.3. The molecule has 0 bridgehead atoms. The van der Waals surface area contributed by atoms with Gasteiger partial charge in [-0.2, -0.15) is 5.11 Å². The second-order valence-corrected chi connectivity index (χ2v) is 8.19. The highest BCUT2D eigenvalue weighted by molar-refractivity contribution is 5.81. The fourth-order valence-electron chi connectivity index (χ4n) is 4.06. The van der Waals surface area contributed by atoms with Crippen LogP contribution in [0, 0.1) is 23.3 Å². The van der Waals surface area contributed by atoms with Crippen molar-refractivity contribution >= 4 is 17.4 Å². The molecule has 8 nitrogen and oxygen atoms in total. The number of anilines is 2. The van der Waals surface area contributed by atoms with Crippen LogP contribution in [0.5, 0.6) is 0 Å². The van der Waals surface area contributed by atoms with Crippen molar-refractivity contribution < 1.29 is 22.4 Å². The summed E-state index contributed by atoms with van der Waals surface area (Å²) in [4.78, 5) is 19.0. The highest BCUT2D eigenvalue weighted by Crippen LogP contribution is 2.39. The van der Waals surface area contributed by atoms with E-state index in [4.69, 9.17) is 10.8 Å². The number of imidazole rings is 1. The van der Waals surface area contributed by atoms with Crippen LogP contribution in [0.3, 0.4) is 0 Å². The topological polar surface area (TPSA) is 101 Å². The van der Waals surface area contributed by atoms with E-state index >= 15 is 0 Å². The molecule has 0 unspecified atom stereocenters. The van der Waals surface area contributed by atoms with E-state index in [-0.39, 0.29) is 31.2 Å². The van der Waals surface area contributed by atoms with Gasteiger partial charge in [-0.3, -0.25) is 4.79 Å². The van der Waals surface area contributed by atoms with Crippen molar-refractivity contribution in [1.29, 1.82) is 0 Å². The van der Waals surface area contributed by atoms with Crippen LogP contribution in [-0.4, -0.2) is 33.4 Å². The predicted octanol–water partition coefficient (Wildman–Crippen LogP) is 4.25. The van der Waals surface area contributed by atoms with Gasteiger partial charge in [-0.05, 0) is 38.1 Å². The molecule has 0 aliphatic carbocycles. The van der Waals surface area contributed by atoms with Crippen molar-refractivity contribution in [2.24, 2.45) is 16.2 Å². The lowest BCUT2D eigenvalue weighted by atomic mass is 9.99. The average molecular weight is 475 g/mol. The molecule has 0 saturated heterocycles. The maximum absolute atomic E-state index is 13.9. The van der Waals surface area contributed by atoms with Gasteiger partial charge in [0.2, 0.25) is 5.91 Å². The Balaban J connectivity index is 1.84. The van der Waals surface area contributed by atoms with Gasteiger partial charge in [0.25, 0.3) is 0 Å². The lowest BCUT2D eigenvalue weighted by molar-refractivity contribution is -0.137. The zero-order valence-corrected chi connectivity index (χ0v) is 18.3. The van der Waals surface area contributed by atoms with Crippen molar-refractivity contribution in [3.63, 3.8) is 0 Å². The fraction of sp³-hybridized carbons (Fsp3) is 0.273. The van der Waals surface area contributed by atoms with Crippen LogP contribution in [0.4, 0.5) is 29.1 Å². The molecule has 0 spiro atoms. The van der Waals surface area contributed by atoms with Crippen molar-refractivity contribution in [3.05, 3.63) is 65.5 Å². The number of rotatable bonds is 5. The molecule has 2 aromatic carbocycles. The van der Waals surface area contributed by atoms with E-state index in [9.17, 15) is 22.4 Å². The van der Waals surface area contributed by atoms with Crippen LogP contribution >= 0.6 is 0 Å². The monoisotopic (exact) mass is 475 g/mol. The smallest absolute Gasteiger partial charge is 0.247 e. The SMILES string of the molecule is CC1(C)c2nc(-c3ccc(F)cc3)c(Nc3cc(F)c(F)c(F)c3)n2CCN1C(=O)CN=NN. The van der Waals surface area contributed by atoms with Crippen LogP contribution in [0.15, 0.2) is 46.7 Å². The summed E-state index contributed by atoms with van der Waals surface area (Å²) in [6.45, 7) is 3.91. The fourth-order valence-corrected chi connectivity index (χ4v) is 4.06. The molecular weight excluding hydrogens is 454 g/mol. The van der Waals surface area contributed by atoms with Crippen LogP contribution in [0.25, 0.3) is 11.3 Å². The molecular formula is C22H21F4N7O. The number of carbonyl (C=O) groups excluding carboxylic acids is 1. The Kier molecular flexibility index (Phi) is 5.98. The number of carbonyl (C=O) groups is 1. The first kappa shape index (κ1) is 23.2. The Bertz CT molecular complexity index is 1250. The maximum atomic E-state index is 13.9. The molecule has 12 heteroatoms. The number of hydrogen-bond donors (Lipinski definition) is 2. The molecule has 0 saturated carbocycles. The van der Waals surface area contributed by atoms with Gasteiger partial charge >= 0.3 is 0 Å². The quantitative estimate of drug-likeness (QED) is 0.189. The van der Waals surface area contributed by atoms with Crippen LogP contribution < -0.4 is 11.2 Å². The first-order valence-corrected chi connectivity index (χ1v) is 10.3. The molecule has 2 heterocycles. The van der Waals surface area contributed by atoms with Crippen LogP contribution in [-0.2, 0) is 16.9 Å². The number of nitrogens with two attached hydrogens (primary N) is 1. The molecule has 0 radical (unpaired) electrons.